The summed E-state index contributed by atoms with van der Waals surface area (Å²) in [6.07, 6.45) is 1.04. The fraction of sp³-hybridized carbons (Fsp3) is 0.235. The number of benzene rings is 2. The monoisotopic (exact) mass is 442 g/mol. The number of carbonyl (C=O) groups excluding carboxylic acids is 1. The third-order valence-electron chi connectivity index (χ3n) is 3.47. The summed E-state index contributed by atoms with van der Waals surface area (Å²) in [6, 6.07) is 11.6. The Kier molecular flexibility index (Phi) is 6.49. The zero-order valence-corrected chi connectivity index (χ0v) is 16.9. The number of amides is 1. The van der Waals surface area contributed by atoms with Gasteiger partial charge in [0, 0.05) is 16.2 Å². The summed E-state index contributed by atoms with van der Waals surface area (Å²) in [4.78, 5) is 12.3. The average molecular weight is 443 g/mol. The Morgan fingerprint density at radius 1 is 1.08 bits per heavy atom. The number of halogens is 1. The second-order valence-corrected chi connectivity index (χ2v) is 8.19. The Labute approximate surface area is 161 Å². The molecule has 26 heavy (non-hydrogen) atoms. The first kappa shape index (κ1) is 20.1. The zero-order valence-electron chi connectivity index (χ0n) is 14.5. The van der Waals surface area contributed by atoms with Gasteiger partial charge in [-0.1, -0.05) is 15.9 Å². The number of sulfonamides is 1. The minimum atomic E-state index is -3.69. The summed E-state index contributed by atoms with van der Waals surface area (Å²) in [7, 11) is -0.753. The standard InChI is InChI=1S/C17H19BrN2O5S/c1-24-15-9-8-14(10-16(15)25-2)20(26(3,22)23)11-17(21)19-13-6-4-12(18)5-7-13/h4-10H,11H2,1-3H3,(H,19,21). The largest absolute Gasteiger partial charge is 0.493 e. The first-order valence-corrected chi connectivity index (χ1v) is 10.1. The number of nitrogens with one attached hydrogen (secondary N) is 1. The normalized spacial score (nSPS) is 10.9. The molecule has 140 valence electrons. The lowest BCUT2D eigenvalue weighted by Crippen LogP contribution is -2.37. The lowest BCUT2D eigenvalue weighted by molar-refractivity contribution is -0.114. The van der Waals surface area contributed by atoms with Gasteiger partial charge in [-0.05, 0) is 36.4 Å². The Balaban J connectivity index is 2.25. The van der Waals surface area contributed by atoms with E-state index in [1.807, 2.05) is 0 Å². The second-order valence-electron chi connectivity index (χ2n) is 5.36. The minimum Gasteiger partial charge on any atom is -0.493 e. The molecule has 0 saturated heterocycles. The van der Waals surface area contributed by atoms with E-state index in [0.717, 1.165) is 15.0 Å². The smallest absolute Gasteiger partial charge is 0.245 e. The summed E-state index contributed by atoms with van der Waals surface area (Å²) in [6.45, 7) is -0.371. The maximum atomic E-state index is 12.3. The predicted octanol–water partition coefficient (Wildman–Crippen LogP) is 2.87. The van der Waals surface area contributed by atoms with Crippen molar-refractivity contribution in [2.45, 2.75) is 0 Å². The molecule has 0 fully saturated rings. The molecule has 2 aromatic rings. The first-order valence-electron chi connectivity index (χ1n) is 7.49. The predicted molar refractivity (Wildman–Crippen MR) is 105 cm³/mol. The van der Waals surface area contributed by atoms with Crippen LogP contribution in [0.4, 0.5) is 11.4 Å². The van der Waals surface area contributed by atoms with Gasteiger partial charge in [-0.15, -0.1) is 0 Å². The summed E-state index contributed by atoms with van der Waals surface area (Å²) in [5.41, 5.74) is 0.870. The highest BCUT2D eigenvalue weighted by Gasteiger charge is 2.22. The van der Waals surface area contributed by atoms with E-state index < -0.39 is 15.9 Å². The van der Waals surface area contributed by atoms with Gasteiger partial charge in [-0.25, -0.2) is 8.42 Å². The molecule has 1 amide bonds. The van der Waals surface area contributed by atoms with E-state index in [4.69, 9.17) is 9.47 Å². The molecule has 7 nitrogen and oxygen atoms in total. The number of hydrogen-bond donors (Lipinski definition) is 1. The molecule has 2 rings (SSSR count). The molecule has 0 aliphatic rings. The third kappa shape index (κ3) is 5.12. The van der Waals surface area contributed by atoms with Crippen molar-refractivity contribution in [2.24, 2.45) is 0 Å². The molecule has 0 unspecified atom stereocenters. The lowest BCUT2D eigenvalue weighted by Gasteiger charge is -2.23. The highest BCUT2D eigenvalue weighted by Crippen LogP contribution is 2.32. The molecular formula is C17H19BrN2O5S. The zero-order chi connectivity index (χ0) is 19.3. The van der Waals surface area contributed by atoms with E-state index >= 15 is 0 Å². The second kappa shape index (κ2) is 8.41. The number of rotatable bonds is 7. The molecule has 0 bridgehead atoms. The number of methoxy groups -OCH3 is 2. The van der Waals surface area contributed by atoms with Gasteiger partial charge in [0.05, 0.1) is 26.2 Å². The van der Waals surface area contributed by atoms with E-state index in [-0.39, 0.29) is 6.54 Å². The molecule has 0 aliphatic carbocycles. The Bertz CT molecular complexity index is 885. The SMILES string of the molecule is COc1ccc(N(CC(=O)Nc2ccc(Br)cc2)S(C)(=O)=O)cc1OC. The van der Waals surface area contributed by atoms with Crippen LogP contribution in [0.15, 0.2) is 46.9 Å². The van der Waals surface area contributed by atoms with Crippen molar-refractivity contribution >= 4 is 43.2 Å². The lowest BCUT2D eigenvalue weighted by atomic mass is 10.2. The average Bonchev–Trinajstić information content (AvgIpc) is 2.60. The van der Waals surface area contributed by atoms with Crippen LogP contribution in [0.1, 0.15) is 0 Å². The molecule has 0 heterocycles. The summed E-state index contributed by atoms with van der Waals surface area (Å²) in [5.74, 6) is 0.364. The van der Waals surface area contributed by atoms with Crippen LogP contribution in [0.25, 0.3) is 0 Å². The van der Waals surface area contributed by atoms with Gasteiger partial charge in [-0.2, -0.15) is 0 Å². The number of hydrogen-bond acceptors (Lipinski definition) is 5. The van der Waals surface area contributed by atoms with Crippen LogP contribution in [0.3, 0.4) is 0 Å². The van der Waals surface area contributed by atoms with Gasteiger partial charge >= 0.3 is 0 Å². The molecule has 0 spiro atoms. The maximum Gasteiger partial charge on any atom is 0.245 e. The Hall–Kier alpha value is -2.26. The number of ether oxygens (including phenoxy) is 2. The van der Waals surface area contributed by atoms with Gasteiger partial charge in [0.25, 0.3) is 0 Å². The molecular weight excluding hydrogens is 424 g/mol. The van der Waals surface area contributed by atoms with E-state index in [9.17, 15) is 13.2 Å². The Morgan fingerprint density at radius 3 is 2.23 bits per heavy atom. The van der Waals surface area contributed by atoms with Crippen molar-refractivity contribution in [3.05, 3.63) is 46.9 Å². The quantitative estimate of drug-likeness (QED) is 0.712. The van der Waals surface area contributed by atoms with Crippen LogP contribution in [0.2, 0.25) is 0 Å². The van der Waals surface area contributed by atoms with Crippen molar-refractivity contribution in [1.29, 1.82) is 0 Å². The number of nitrogens with zero attached hydrogens (tertiary/aromatic N) is 1. The summed E-state index contributed by atoms with van der Waals surface area (Å²) >= 11 is 3.31. The van der Waals surface area contributed by atoms with Crippen LogP contribution in [0, 0.1) is 0 Å². The van der Waals surface area contributed by atoms with Crippen molar-refractivity contribution in [1.82, 2.24) is 0 Å². The third-order valence-corrected chi connectivity index (χ3v) is 5.14. The van der Waals surface area contributed by atoms with Gasteiger partial charge in [-0.3, -0.25) is 9.10 Å². The highest BCUT2D eigenvalue weighted by atomic mass is 79.9. The maximum absolute atomic E-state index is 12.3. The fourth-order valence-corrected chi connectivity index (χ4v) is 3.36. The van der Waals surface area contributed by atoms with Crippen molar-refractivity contribution in [3.8, 4) is 11.5 Å². The Morgan fingerprint density at radius 2 is 1.69 bits per heavy atom. The highest BCUT2D eigenvalue weighted by molar-refractivity contribution is 9.10. The summed E-state index contributed by atoms with van der Waals surface area (Å²) < 4.78 is 36.6. The van der Waals surface area contributed by atoms with E-state index in [2.05, 4.69) is 21.2 Å². The molecule has 0 aromatic heterocycles. The molecule has 0 saturated carbocycles. The topological polar surface area (TPSA) is 84.9 Å². The van der Waals surface area contributed by atoms with Crippen molar-refractivity contribution in [3.63, 3.8) is 0 Å². The number of carbonyl (C=O) groups is 1. The molecule has 9 heteroatoms. The van der Waals surface area contributed by atoms with E-state index in [0.29, 0.717) is 22.9 Å². The van der Waals surface area contributed by atoms with Crippen LogP contribution in [-0.4, -0.2) is 41.3 Å². The molecule has 0 atom stereocenters. The molecule has 0 radical (unpaired) electrons. The first-order chi connectivity index (χ1) is 12.2. The summed E-state index contributed by atoms with van der Waals surface area (Å²) in [5, 5.41) is 2.67. The van der Waals surface area contributed by atoms with Gasteiger partial charge < -0.3 is 14.8 Å². The van der Waals surface area contributed by atoms with Crippen LogP contribution < -0.4 is 19.1 Å². The van der Waals surface area contributed by atoms with Gasteiger partial charge in [0.2, 0.25) is 15.9 Å². The van der Waals surface area contributed by atoms with Crippen LogP contribution in [0.5, 0.6) is 11.5 Å². The molecule has 2 aromatic carbocycles. The van der Waals surface area contributed by atoms with Gasteiger partial charge in [0.1, 0.15) is 6.54 Å². The van der Waals surface area contributed by atoms with Crippen molar-refractivity contribution in [2.75, 3.05) is 36.6 Å². The van der Waals surface area contributed by atoms with E-state index in [1.165, 1.54) is 20.3 Å². The van der Waals surface area contributed by atoms with Gasteiger partial charge in [0.15, 0.2) is 11.5 Å². The van der Waals surface area contributed by atoms with Crippen LogP contribution in [-0.2, 0) is 14.8 Å². The fourth-order valence-electron chi connectivity index (χ4n) is 2.24. The molecule has 1 N–H and O–H groups in total. The van der Waals surface area contributed by atoms with E-state index in [1.54, 1.807) is 36.4 Å². The number of anilines is 2. The van der Waals surface area contributed by atoms with Crippen molar-refractivity contribution < 1.29 is 22.7 Å². The van der Waals surface area contributed by atoms with Crippen LogP contribution >= 0.6 is 15.9 Å². The molecule has 0 aliphatic heterocycles. The minimum absolute atomic E-state index is 0.302.